The van der Waals surface area contributed by atoms with Gasteiger partial charge < -0.3 is 0 Å². The number of aryl methyl sites for hydroxylation is 3. The summed E-state index contributed by atoms with van der Waals surface area (Å²) < 4.78 is 0. The molecule has 14 heavy (non-hydrogen) atoms. The maximum absolute atomic E-state index is 5.84. The summed E-state index contributed by atoms with van der Waals surface area (Å²) in [6.45, 7) is 8.73. The Morgan fingerprint density at radius 1 is 1.14 bits per heavy atom. The van der Waals surface area contributed by atoms with Crippen LogP contribution < -0.4 is 0 Å². The number of halogens is 1. The molecule has 1 aromatic rings. The summed E-state index contributed by atoms with van der Waals surface area (Å²) in [7, 11) is 0. The predicted molar refractivity (Wildman–Crippen MR) is 64.2 cm³/mol. The Kier molecular flexibility index (Phi) is 4.00. The lowest BCUT2D eigenvalue weighted by Gasteiger charge is -2.14. The molecule has 1 atom stereocenters. The van der Waals surface area contributed by atoms with E-state index in [1.54, 1.807) is 0 Å². The third-order valence-electron chi connectivity index (χ3n) is 2.66. The van der Waals surface area contributed by atoms with Crippen molar-refractivity contribution < 1.29 is 0 Å². The molecule has 0 saturated heterocycles. The molecule has 0 fully saturated rings. The van der Waals surface area contributed by atoms with Gasteiger partial charge in [-0.25, -0.2) is 0 Å². The summed E-state index contributed by atoms with van der Waals surface area (Å²) >= 11 is 5.84. The number of hydrogen-bond donors (Lipinski definition) is 0. The molecular formula is C13H19Cl. The highest BCUT2D eigenvalue weighted by molar-refractivity contribution is 6.18. The molecule has 0 amide bonds. The third kappa shape index (κ3) is 2.75. The summed E-state index contributed by atoms with van der Waals surface area (Å²) in [5.41, 5.74) is 5.63. The largest absolute Gasteiger partial charge is 0.126 e. The molecule has 1 unspecified atom stereocenters. The summed E-state index contributed by atoms with van der Waals surface area (Å²) in [6, 6.07) is 4.51. The second-order valence-electron chi connectivity index (χ2n) is 4.34. The Morgan fingerprint density at radius 3 is 2.07 bits per heavy atom. The summed E-state index contributed by atoms with van der Waals surface area (Å²) in [5, 5.41) is 0. The quantitative estimate of drug-likeness (QED) is 0.661. The normalized spacial score (nSPS) is 12.9. The molecular weight excluding hydrogens is 192 g/mol. The maximum Gasteiger partial charge on any atom is 0.0252 e. The zero-order valence-electron chi connectivity index (χ0n) is 9.52. The Hall–Kier alpha value is -0.490. The second kappa shape index (κ2) is 4.84. The van der Waals surface area contributed by atoms with Crippen LogP contribution in [0, 0.1) is 26.7 Å². The molecule has 0 aliphatic heterocycles. The van der Waals surface area contributed by atoms with Gasteiger partial charge in [-0.2, -0.15) is 0 Å². The highest BCUT2D eigenvalue weighted by Crippen LogP contribution is 2.20. The van der Waals surface area contributed by atoms with Crippen LogP contribution >= 0.6 is 11.6 Å². The summed E-state index contributed by atoms with van der Waals surface area (Å²) in [5.74, 6) is 1.31. The minimum absolute atomic E-state index is 0.566. The minimum atomic E-state index is 0.566. The van der Waals surface area contributed by atoms with Crippen molar-refractivity contribution in [2.45, 2.75) is 34.1 Å². The van der Waals surface area contributed by atoms with Crippen molar-refractivity contribution in [2.75, 3.05) is 5.88 Å². The van der Waals surface area contributed by atoms with Gasteiger partial charge >= 0.3 is 0 Å². The first-order valence-corrected chi connectivity index (χ1v) is 5.70. The third-order valence-corrected chi connectivity index (χ3v) is 3.18. The molecule has 0 nitrogen and oxygen atoms in total. The molecule has 0 heterocycles. The zero-order valence-corrected chi connectivity index (χ0v) is 10.3. The standard InChI is InChI=1S/C13H19Cl/c1-9-5-11(3)13(12(4)6-9)7-10(2)8-14/h5-6,10H,7-8H2,1-4H3. The van der Waals surface area contributed by atoms with Crippen LogP contribution in [-0.2, 0) is 6.42 Å². The maximum atomic E-state index is 5.84. The summed E-state index contributed by atoms with van der Waals surface area (Å²) in [6.07, 6.45) is 1.10. The van der Waals surface area contributed by atoms with E-state index in [1.807, 2.05) is 0 Å². The molecule has 78 valence electrons. The second-order valence-corrected chi connectivity index (χ2v) is 4.65. The van der Waals surface area contributed by atoms with Crippen LogP contribution in [0.5, 0.6) is 0 Å². The van der Waals surface area contributed by atoms with Gasteiger partial charge in [0.2, 0.25) is 0 Å². The highest BCUT2D eigenvalue weighted by Gasteiger charge is 2.07. The number of alkyl halides is 1. The van der Waals surface area contributed by atoms with Crippen LogP contribution in [0.4, 0.5) is 0 Å². The predicted octanol–water partition coefficient (Wildman–Crippen LogP) is 4.03. The van der Waals surface area contributed by atoms with E-state index >= 15 is 0 Å². The molecule has 0 N–H and O–H groups in total. The van der Waals surface area contributed by atoms with E-state index in [2.05, 4.69) is 39.8 Å². The van der Waals surface area contributed by atoms with Gasteiger partial charge in [0.25, 0.3) is 0 Å². The van der Waals surface area contributed by atoms with E-state index in [1.165, 1.54) is 22.3 Å². The fourth-order valence-corrected chi connectivity index (χ4v) is 2.04. The van der Waals surface area contributed by atoms with Gasteiger partial charge in [-0.3, -0.25) is 0 Å². The molecule has 0 radical (unpaired) electrons. The Balaban J connectivity index is 2.96. The molecule has 0 aliphatic rings. The molecule has 0 saturated carbocycles. The lowest BCUT2D eigenvalue weighted by atomic mass is 9.93. The number of hydrogen-bond acceptors (Lipinski definition) is 0. The van der Waals surface area contributed by atoms with E-state index in [4.69, 9.17) is 11.6 Å². The Bertz CT molecular complexity index is 292. The first-order valence-electron chi connectivity index (χ1n) is 5.17. The van der Waals surface area contributed by atoms with E-state index in [0.717, 1.165) is 12.3 Å². The lowest BCUT2D eigenvalue weighted by molar-refractivity contribution is 0.649. The van der Waals surface area contributed by atoms with E-state index in [0.29, 0.717) is 5.92 Å². The molecule has 1 rings (SSSR count). The highest BCUT2D eigenvalue weighted by atomic mass is 35.5. The van der Waals surface area contributed by atoms with Crippen LogP contribution in [0.25, 0.3) is 0 Å². The van der Waals surface area contributed by atoms with Crippen molar-refractivity contribution in [1.82, 2.24) is 0 Å². The topological polar surface area (TPSA) is 0 Å². The van der Waals surface area contributed by atoms with Gasteiger partial charge in [0, 0.05) is 5.88 Å². The average Bonchev–Trinajstić information content (AvgIpc) is 2.10. The molecule has 1 heteroatoms. The molecule has 0 aromatic heterocycles. The molecule has 1 aromatic carbocycles. The fraction of sp³-hybridized carbons (Fsp3) is 0.538. The summed E-state index contributed by atoms with van der Waals surface area (Å²) in [4.78, 5) is 0. The van der Waals surface area contributed by atoms with E-state index in [-0.39, 0.29) is 0 Å². The number of rotatable bonds is 3. The van der Waals surface area contributed by atoms with Crippen LogP contribution in [0.15, 0.2) is 12.1 Å². The van der Waals surface area contributed by atoms with Gasteiger partial charge in [0.05, 0.1) is 0 Å². The molecule has 0 spiro atoms. The van der Waals surface area contributed by atoms with E-state index < -0.39 is 0 Å². The Morgan fingerprint density at radius 2 is 1.64 bits per heavy atom. The fourth-order valence-electron chi connectivity index (χ4n) is 1.93. The Labute approximate surface area is 92.3 Å². The van der Waals surface area contributed by atoms with Crippen molar-refractivity contribution in [3.05, 3.63) is 34.4 Å². The first kappa shape index (κ1) is 11.6. The molecule has 0 aliphatic carbocycles. The average molecular weight is 211 g/mol. The first-order chi connectivity index (χ1) is 6.54. The van der Waals surface area contributed by atoms with Gasteiger partial charge in [-0.05, 0) is 49.8 Å². The lowest BCUT2D eigenvalue weighted by Crippen LogP contribution is -2.05. The zero-order chi connectivity index (χ0) is 10.7. The van der Waals surface area contributed by atoms with Crippen LogP contribution in [0.3, 0.4) is 0 Å². The SMILES string of the molecule is Cc1cc(C)c(CC(C)CCl)c(C)c1. The van der Waals surface area contributed by atoms with Gasteiger partial charge in [0.15, 0.2) is 0 Å². The number of benzene rings is 1. The van der Waals surface area contributed by atoms with Gasteiger partial charge in [-0.1, -0.05) is 24.6 Å². The van der Waals surface area contributed by atoms with Crippen molar-refractivity contribution >= 4 is 11.6 Å². The van der Waals surface area contributed by atoms with Crippen LogP contribution in [0.1, 0.15) is 29.2 Å². The van der Waals surface area contributed by atoms with E-state index in [9.17, 15) is 0 Å². The van der Waals surface area contributed by atoms with Gasteiger partial charge in [0.1, 0.15) is 0 Å². The van der Waals surface area contributed by atoms with Crippen LogP contribution in [-0.4, -0.2) is 5.88 Å². The van der Waals surface area contributed by atoms with Crippen molar-refractivity contribution in [2.24, 2.45) is 5.92 Å². The smallest absolute Gasteiger partial charge is 0.0252 e. The monoisotopic (exact) mass is 210 g/mol. The van der Waals surface area contributed by atoms with Gasteiger partial charge in [-0.15, -0.1) is 11.6 Å². The van der Waals surface area contributed by atoms with Crippen LogP contribution in [0.2, 0.25) is 0 Å². The van der Waals surface area contributed by atoms with Crippen molar-refractivity contribution in [1.29, 1.82) is 0 Å². The molecule has 0 bridgehead atoms. The van der Waals surface area contributed by atoms with Crippen molar-refractivity contribution in [3.8, 4) is 0 Å². The minimum Gasteiger partial charge on any atom is -0.126 e. The van der Waals surface area contributed by atoms with Crippen molar-refractivity contribution in [3.63, 3.8) is 0 Å².